The van der Waals surface area contributed by atoms with E-state index in [1.165, 1.54) is 23.3 Å². The van der Waals surface area contributed by atoms with Crippen molar-refractivity contribution in [3.63, 3.8) is 0 Å². The van der Waals surface area contributed by atoms with Crippen molar-refractivity contribution in [3.05, 3.63) is 107 Å². The standard InChI is InChI=1S/C24H20FN3O/c25-21-12-10-18(11-13-21)22(28-15-14-17-6-4-5-9-20(17)16-28)24-27-26-23(29-24)19-7-2-1-3-8-19/h1-13,22H,14-16H2. The van der Waals surface area contributed by atoms with Gasteiger partial charge in [-0.2, -0.15) is 0 Å². The van der Waals surface area contributed by atoms with Crippen LogP contribution in [-0.2, 0) is 13.0 Å². The molecule has 4 aromatic rings. The van der Waals surface area contributed by atoms with Gasteiger partial charge < -0.3 is 4.42 Å². The maximum absolute atomic E-state index is 13.6. The van der Waals surface area contributed by atoms with Gasteiger partial charge in [0.2, 0.25) is 11.8 Å². The molecule has 2 heterocycles. The van der Waals surface area contributed by atoms with Crippen molar-refractivity contribution < 1.29 is 8.81 Å². The summed E-state index contributed by atoms with van der Waals surface area (Å²) in [4.78, 5) is 2.32. The van der Waals surface area contributed by atoms with Crippen molar-refractivity contribution in [1.29, 1.82) is 0 Å². The van der Waals surface area contributed by atoms with Gasteiger partial charge in [-0.1, -0.05) is 54.6 Å². The van der Waals surface area contributed by atoms with Crippen LogP contribution in [0, 0.1) is 5.82 Å². The van der Waals surface area contributed by atoms with Crippen molar-refractivity contribution >= 4 is 0 Å². The molecule has 1 aliphatic rings. The highest BCUT2D eigenvalue weighted by Gasteiger charge is 2.30. The predicted molar refractivity (Wildman–Crippen MR) is 109 cm³/mol. The lowest BCUT2D eigenvalue weighted by atomic mass is 9.96. The van der Waals surface area contributed by atoms with Crippen molar-refractivity contribution in [2.45, 2.75) is 19.0 Å². The molecular weight excluding hydrogens is 365 g/mol. The van der Waals surface area contributed by atoms with Crippen molar-refractivity contribution in [1.82, 2.24) is 15.1 Å². The largest absolute Gasteiger partial charge is 0.419 e. The number of aromatic nitrogens is 2. The van der Waals surface area contributed by atoms with Gasteiger partial charge in [-0.15, -0.1) is 10.2 Å². The molecule has 0 aliphatic carbocycles. The zero-order chi connectivity index (χ0) is 19.6. The Morgan fingerprint density at radius 1 is 0.828 bits per heavy atom. The fraction of sp³-hybridized carbons (Fsp3) is 0.167. The Labute approximate surface area is 168 Å². The van der Waals surface area contributed by atoms with Gasteiger partial charge in [0, 0.05) is 18.7 Å². The molecule has 0 amide bonds. The van der Waals surface area contributed by atoms with Crippen molar-refractivity contribution in [2.24, 2.45) is 0 Å². The molecule has 3 aromatic carbocycles. The summed E-state index contributed by atoms with van der Waals surface area (Å²) in [7, 11) is 0. The van der Waals surface area contributed by atoms with Gasteiger partial charge in [-0.3, -0.25) is 4.90 Å². The summed E-state index contributed by atoms with van der Waals surface area (Å²) < 4.78 is 19.7. The number of rotatable bonds is 4. The molecule has 0 saturated heterocycles. The van der Waals surface area contributed by atoms with Crippen LogP contribution < -0.4 is 0 Å². The number of benzene rings is 3. The predicted octanol–water partition coefficient (Wildman–Crippen LogP) is 5.02. The quantitative estimate of drug-likeness (QED) is 0.494. The van der Waals surface area contributed by atoms with E-state index in [4.69, 9.17) is 4.42 Å². The molecule has 0 radical (unpaired) electrons. The molecule has 1 atom stereocenters. The molecule has 5 heteroatoms. The van der Waals surface area contributed by atoms with E-state index in [9.17, 15) is 4.39 Å². The van der Waals surface area contributed by atoms with E-state index in [1.807, 2.05) is 30.3 Å². The van der Waals surface area contributed by atoms with Gasteiger partial charge in [0.1, 0.15) is 11.9 Å². The lowest BCUT2D eigenvalue weighted by Crippen LogP contribution is -2.35. The van der Waals surface area contributed by atoms with Gasteiger partial charge >= 0.3 is 0 Å². The summed E-state index contributed by atoms with van der Waals surface area (Å²) in [6.45, 7) is 1.64. The Hall–Kier alpha value is -3.31. The number of nitrogens with zero attached hydrogens (tertiary/aromatic N) is 3. The molecule has 0 saturated carbocycles. The summed E-state index contributed by atoms with van der Waals surface area (Å²) in [5, 5.41) is 8.64. The summed E-state index contributed by atoms with van der Waals surface area (Å²) in [5.74, 6) is 0.756. The molecule has 0 fully saturated rings. The topological polar surface area (TPSA) is 42.2 Å². The van der Waals surface area contributed by atoms with Gasteiger partial charge in [0.05, 0.1) is 0 Å². The van der Waals surface area contributed by atoms with Crippen molar-refractivity contribution in [3.8, 4) is 11.5 Å². The fourth-order valence-corrected chi connectivity index (χ4v) is 3.94. The second-order valence-electron chi connectivity index (χ2n) is 7.25. The van der Waals surface area contributed by atoms with E-state index < -0.39 is 0 Å². The Kier molecular flexibility index (Phi) is 4.66. The van der Waals surface area contributed by atoms with E-state index in [0.29, 0.717) is 11.8 Å². The maximum Gasteiger partial charge on any atom is 0.247 e. The van der Waals surface area contributed by atoms with Crippen LogP contribution in [0.2, 0.25) is 0 Å². The summed E-state index contributed by atoms with van der Waals surface area (Å²) in [6, 6.07) is 24.5. The minimum atomic E-state index is -0.257. The summed E-state index contributed by atoms with van der Waals surface area (Å²) in [6.07, 6.45) is 0.952. The minimum absolute atomic E-state index is 0.228. The molecule has 1 aromatic heterocycles. The van der Waals surface area contributed by atoms with Crippen LogP contribution in [0.4, 0.5) is 4.39 Å². The maximum atomic E-state index is 13.6. The fourth-order valence-electron chi connectivity index (χ4n) is 3.94. The van der Waals surface area contributed by atoms with Gasteiger partial charge in [-0.05, 0) is 47.4 Å². The second kappa shape index (κ2) is 7.60. The molecule has 144 valence electrons. The number of halogens is 1. The SMILES string of the molecule is Fc1ccc(C(c2nnc(-c3ccccc3)o2)N2CCc3ccccc3C2)cc1. The number of fused-ring (bicyclic) bond motifs is 1. The van der Waals surface area contributed by atoms with Gasteiger partial charge in [0.25, 0.3) is 0 Å². The van der Waals surface area contributed by atoms with Crippen LogP contribution in [0.15, 0.2) is 83.3 Å². The molecule has 0 spiro atoms. The zero-order valence-electron chi connectivity index (χ0n) is 15.8. The van der Waals surface area contributed by atoms with Crippen molar-refractivity contribution in [2.75, 3.05) is 6.54 Å². The zero-order valence-corrected chi connectivity index (χ0v) is 15.8. The first-order chi connectivity index (χ1) is 14.3. The highest BCUT2D eigenvalue weighted by molar-refractivity contribution is 5.52. The first-order valence-corrected chi connectivity index (χ1v) is 9.73. The molecule has 1 aliphatic heterocycles. The first kappa shape index (κ1) is 17.8. The van der Waals surface area contributed by atoms with Crippen LogP contribution in [0.25, 0.3) is 11.5 Å². The van der Waals surface area contributed by atoms with Gasteiger partial charge in [0.15, 0.2) is 0 Å². The summed E-state index contributed by atoms with van der Waals surface area (Å²) >= 11 is 0. The van der Waals surface area contributed by atoms with E-state index in [2.05, 4.69) is 39.4 Å². The molecular formula is C24H20FN3O. The van der Waals surface area contributed by atoms with Crippen LogP contribution in [0.1, 0.15) is 28.6 Å². The smallest absolute Gasteiger partial charge is 0.247 e. The number of hydrogen-bond donors (Lipinski definition) is 0. The Bertz CT molecular complexity index is 1110. The van der Waals surface area contributed by atoms with Crippen LogP contribution in [-0.4, -0.2) is 21.6 Å². The van der Waals surface area contributed by atoms with E-state index in [0.717, 1.165) is 30.6 Å². The lowest BCUT2D eigenvalue weighted by molar-refractivity contribution is 0.181. The third kappa shape index (κ3) is 3.57. The Balaban J connectivity index is 1.53. The number of hydrogen-bond acceptors (Lipinski definition) is 4. The molecule has 5 rings (SSSR count). The van der Waals surface area contributed by atoms with E-state index >= 15 is 0 Å². The lowest BCUT2D eigenvalue weighted by Gasteiger charge is -2.34. The normalized spacial score (nSPS) is 15.1. The molecule has 1 unspecified atom stereocenters. The Morgan fingerprint density at radius 2 is 1.55 bits per heavy atom. The highest BCUT2D eigenvalue weighted by Crippen LogP contribution is 2.33. The highest BCUT2D eigenvalue weighted by atomic mass is 19.1. The third-order valence-corrected chi connectivity index (χ3v) is 5.41. The Morgan fingerprint density at radius 3 is 2.34 bits per heavy atom. The second-order valence-corrected chi connectivity index (χ2v) is 7.25. The first-order valence-electron chi connectivity index (χ1n) is 9.73. The summed E-state index contributed by atoms with van der Waals surface area (Å²) in [5.41, 5.74) is 4.49. The third-order valence-electron chi connectivity index (χ3n) is 5.41. The molecule has 29 heavy (non-hydrogen) atoms. The van der Waals surface area contributed by atoms with Gasteiger partial charge in [-0.25, -0.2) is 4.39 Å². The molecule has 0 N–H and O–H groups in total. The van der Waals surface area contributed by atoms with Crippen LogP contribution in [0.5, 0.6) is 0 Å². The average Bonchev–Trinajstić information content (AvgIpc) is 3.26. The minimum Gasteiger partial charge on any atom is -0.419 e. The van der Waals surface area contributed by atoms with Crippen LogP contribution >= 0.6 is 0 Å². The van der Waals surface area contributed by atoms with Crippen LogP contribution in [0.3, 0.4) is 0 Å². The molecule has 0 bridgehead atoms. The monoisotopic (exact) mass is 385 g/mol. The van der Waals surface area contributed by atoms with E-state index in [1.54, 1.807) is 12.1 Å². The van der Waals surface area contributed by atoms with E-state index in [-0.39, 0.29) is 11.9 Å². The average molecular weight is 385 g/mol. The molecule has 4 nitrogen and oxygen atoms in total.